The molecular weight excluding hydrogens is 418 g/mol. The second-order valence-electron chi connectivity index (χ2n) is 7.04. The van der Waals surface area contributed by atoms with Crippen molar-refractivity contribution in [1.82, 2.24) is 15.8 Å². The Hall–Kier alpha value is -2.88. The van der Waals surface area contributed by atoms with Crippen LogP contribution in [0.5, 0.6) is 11.5 Å². The van der Waals surface area contributed by atoms with Crippen molar-refractivity contribution in [2.24, 2.45) is 0 Å². The molecular formula is C22H25N3O5S. The Labute approximate surface area is 185 Å². The number of hydrogen-bond acceptors (Lipinski definition) is 9. The first-order valence-electron chi connectivity index (χ1n) is 10.0. The maximum absolute atomic E-state index is 11.9. The average molecular weight is 444 g/mol. The first kappa shape index (κ1) is 21.4. The Bertz CT molecular complexity index is 955. The summed E-state index contributed by atoms with van der Waals surface area (Å²) in [5.74, 6) is 0.942. The number of phenolic OH excluding ortho intramolecular Hbond substituents is 1. The molecule has 0 bridgehead atoms. The van der Waals surface area contributed by atoms with Crippen LogP contribution in [0.3, 0.4) is 0 Å². The lowest BCUT2D eigenvalue weighted by atomic mass is 10.00. The smallest absolute Gasteiger partial charge is 0.504 e. The van der Waals surface area contributed by atoms with Crippen LogP contribution >= 0.6 is 11.8 Å². The molecule has 0 saturated carbocycles. The number of rotatable bonds is 6. The van der Waals surface area contributed by atoms with Gasteiger partial charge in [-0.25, -0.2) is 4.79 Å². The van der Waals surface area contributed by atoms with Gasteiger partial charge in [-0.2, -0.15) is 5.01 Å². The maximum Gasteiger partial charge on any atom is 0.513 e. The molecule has 4 rings (SSSR count). The molecule has 2 aliphatic rings. The number of hydrogen-bond donors (Lipinski definition) is 3. The van der Waals surface area contributed by atoms with E-state index in [-0.39, 0.29) is 29.9 Å². The van der Waals surface area contributed by atoms with Crippen molar-refractivity contribution in [3.05, 3.63) is 66.1 Å². The van der Waals surface area contributed by atoms with E-state index >= 15 is 0 Å². The van der Waals surface area contributed by atoms with Gasteiger partial charge in [0.15, 0.2) is 17.3 Å². The van der Waals surface area contributed by atoms with Crippen LogP contribution in [0.15, 0.2) is 65.4 Å². The third-order valence-corrected chi connectivity index (χ3v) is 6.33. The van der Waals surface area contributed by atoms with Crippen LogP contribution in [-0.4, -0.2) is 41.5 Å². The molecule has 2 heterocycles. The van der Waals surface area contributed by atoms with Crippen molar-refractivity contribution in [2.75, 3.05) is 13.7 Å². The fourth-order valence-corrected chi connectivity index (χ4v) is 4.86. The number of nitrogens with zero attached hydrogens (tertiary/aromatic N) is 1. The van der Waals surface area contributed by atoms with Gasteiger partial charge in [-0.15, -0.1) is 11.8 Å². The number of carbonyl (C=O) groups is 1. The lowest BCUT2D eigenvalue weighted by molar-refractivity contribution is 0.0432. The Morgan fingerprint density at radius 3 is 2.81 bits per heavy atom. The molecule has 8 nitrogen and oxygen atoms in total. The van der Waals surface area contributed by atoms with Crippen LogP contribution in [0.25, 0.3) is 0 Å². The van der Waals surface area contributed by atoms with E-state index in [9.17, 15) is 9.90 Å². The van der Waals surface area contributed by atoms with Crippen LogP contribution in [-0.2, 0) is 9.47 Å². The normalized spacial score (nSPS) is 22.8. The number of ether oxygens (including phenoxy) is 3. The van der Waals surface area contributed by atoms with Gasteiger partial charge >= 0.3 is 6.16 Å². The summed E-state index contributed by atoms with van der Waals surface area (Å²) in [5, 5.41) is 15.6. The van der Waals surface area contributed by atoms with Gasteiger partial charge in [-0.1, -0.05) is 24.3 Å². The third kappa shape index (κ3) is 4.73. The third-order valence-electron chi connectivity index (χ3n) is 5.10. The number of fused-ring (bicyclic) bond motifs is 1. The van der Waals surface area contributed by atoms with Crippen LogP contribution < -0.4 is 15.5 Å². The molecule has 3 atom stereocenters. The van der Waals surface area contributed by atoms with E-state index in [0.29, 0.717) is 11.5 Å². The summed E-state index contributed by atoms with van der Waals surface area (Å²) in [7, 11) is 1.53. The number of nitrogens with one attached hydrogen (secondary N) is 2. The van der Waals surface area contributed by atoms with Crippen LogP contribution in [0, 0.1) is 0 Å². The molecule has 2 aliphatic heterocycles. The topological polar surface area (TPSA) is 92.3 Å². The molecule has 0 radical (unpaired) electrons. The number of methoxy groups -OCH3 is 1. The van der Waals surface area contributed by atoms with Gasteiger partial charge < -0.3 is 24.7 Å². The zero-order chi connectivity index (χ0) is 21.8. The standard InChI is InChI=1S/C22H25N3O5S/c1-3-29-22(27)30-19-13-23-25-20(31-15-7-5-4-6-8-15)12-16(24-21(19)25)14-9-10-17(26)18(11-14)28-2/h4-11,13,16,20-21,23-24,26H,3,12H2,1-2H3. The minimum atomic E-state index is -0.736. The van der Waals surface area contributed by atoms with Crippen LogP contribution in [0.4, 0.5) is 4.79 Å². The largest absolute Gasteiger partial charge is 0.513 e. The molecule has 1 fully saturated rings. The molecule has 3 unspecified atom stereocenters. The highest BCUT2D eigenvalue weighted by Gasteiger charge is 2.42. The van der Waals surface area contributed by atoms with E-state index in [1.807, 2.05) is 35.3 Å². The second-order valence-corrected chi connectivity index (χ2v) is 8.29. The van der Waals surface area contributed by atoms with Crippen molar-refractivity contribution in [3.63, 3.8) is 0 Å². The number of hydrazine groups is 1. The van der Waals surface area contributed by atoms with Gasteiger partial charge in [0.1, 0.15) is 6.17 Å². The van der Waals surface area contributed by atoms with Crippen LogP contribution in [0.2, 0.25) is 0 Å². The van der Waals surface area contributed by atoms with Crippen molar-refractivity contribution < 1.29 is 24.1 Å². The van der Waals surface area contributed by atoms with Gasteiger partial charge in [0.2, 0.25) is 0 Å². The first-order chi connectivity index (χ1) is 15.1. The fourth-order valence-electron chi connectivity index (χ4n) is 3.65. The lowest BCUT2D eigenvalue weighted by Gasteiger charge is -2.42. The molecule has 164 valence electrons. The average Bonchev–Trinajstić information content (AvgIpc) is 3.18. The van der Waals surface area contributed by atoms with Gasteiger partial charge in [-0.05, 0) is 43.2 Å². The molecule has 9 heteroatoms. The Balaban J connectivity index is 1.60. The van der Waals surface area contributed by atoms with E-state index in [1.54, 1.807) is 31.0 Å². The number of thioether (sulfide) groups is 1. The second kappa shape index (κ2) is 9.51. The number of phenols is 1. The monoisotopic (exact) mass is 443 g/mol. The summed E-state index contributed by atoms with van der Waals surface area (Å²) in [6, 6.07) is 15.4. The SMILES string of the molecule is CCOC(=O)OC1=CNN2C(Sc3ccccc3)CC(c3ccc(O)c(OC)c3)NC12. The van der Waals surface area contributed by atoms with E-state index < -0.39 is 6.16 Å². The highest BCUT2D eigenvalue weighted by Crippen LogP contribution is 2.40. The Morgan fingerprint density at radius 1 is 1.26 bits per heavy atom. The van der Waals surface area contributed by atoms with Crippen molar-refractivity contribution in [1.29, 1.82) is 0 Å². The molecule has 2 aromatic carbocycles. The highest BCUT2D eigenvalue weighted by atomic mass is 32.2. The molecule has 3 N–H and O–H groups in total. The van der Waals surface area contributed by atoms with E-state index in [0.717, 1.165) is 16.9 Å². The summed E-state index contributed by atoms with van der Waals surface area (Å²) >= 11 is 1.72. The van der Waals surface area contributed by atoms with E-state index in [2.05, 4.69) is 22.9 Å². The predicted molar refractivity (Wildman–Crippen MR) is 116 cm³/mol. The molecule has 31 heavy (non-hydrogen) atoms. The zero-order valence-corrected chi connectivity index (χ0v) is 18.1. The molecule has 0 aliphatic carbocycles. The molecule has 0 amide bonds. The van der Waals surface area contributed by atoms with Crippen molar-refractivity contribution in [3.8, 4) is 11.5 Å². The minimum Gasteiger partial charge on any atom is -0.504 e. The summed E-state index contributed by atoms with van der Waals surface area (Å²) in [6.45, 7) is 1.97. The maximum atomic E-state index is 11.9. The lowest BCUT2D eigenvalue weighted by Crippen LogP contribution is -2.57. The zero-order valence-electron chi connectivity index (χ0n) is 17.3. The molecule has 0 aromatic heterocycles. The number of aromatic hydroxyl groups is 1. The molecule has 0 spiro atoms. The number of carbonyl (C=O) groups excluding carboxylic acids is 1. The summed E-state index contributed by atoms with van der Waals surface area (Å²) in [4.78, 5) is 13.0. The highest BCUT2D eigenvalue weighted by molar-refractivity contribution is 7.99. The summed E-state index contributed by atoms with van der Waals surface area (Å²) < 4.78 is 15.6. The quantitative estimate of drug-likeness (QED) is 0.578. The van der Waals surface area contributed by atoms with Gasteiger partial charge in [0.25, 0.3) is 0 Å². The van der Waals surface area contributed by atoms with Gasteiger partial charge in [0.05, 0.1) is 25.3 Å². The Kier molecular flexibility index (Phi) is 6.55. The van der Waals surface area contributed by atoms with Crippen molar-refractivity contribution in [2.45, 2.75) is 35.8 Å². The number of benzene rings is 2. The van der Waals surface area contributed by atoms with E-state index in [1.165, 1.54) is 7.11 Å². The molecule has 2 aromatic rings. The summed E-state index contributed by atoms with van der Waals surface area (Å²) in [5.41, 5.74) is 4.19. The van der Waals surface area contributed by atoms with Crippen molar-refractivity contribution >= 4 is 17.9 Å². The van der Waals surface area contributed by atoms with E-state index in [4.69, 9.17) is 14.2 Å². The van der Waals surface area contributed by atoms with Crippen LogP contribution in [0.1, 0.15) is 24.9 Å². The minimum absolute atomic E-state index is 0.0398. The summed E-state index contributed by atoms with van der Waals surface area (Å²) in [6.07, 6.45) is 1.33. The first-order valence-corrected chi connectivity index (χ1v) is 10.9. The fraction of sp³-hybridized carbons (Fsp3) is 0.318. The van der Waals surface area contributed by atoms with Gasteiger partial charge in [0, 0.05) is 10.9 Å². The van der Waals surface area contributed by atoms with Gasteiger partial charge in [-0.3, -0.25) is 5.32 Å². The predicted octanol–water partition coefficient (Wildman–Crippen LogP) is 3.71. The Morgan fingerprint density at radius 2 is 2.06 bits per heavy atom. The molecule has 1 saturated heterocycles.